The molecule has 31 heavy (non-hydrogen) atoms. The van der Waals surface area contributed by atoms with Crippen LogP contribution in [0.1, 0.15) is 51.9 Å². The summed E-state index contributed by atoms with van der Waals surface area (Å²) in [5.41, 5.74) is 0.0202. The Kier molecular flexibility index (Phi) is 6.10. The second-order valence-electron chi connectivity index (χ2n) is 8.86. The van der Waals surface area contributed by atoms with Crippen molar-refractivity contribution >= 4 is 28.6 Å². The summed E-state index contributed by atoms with van der Waals surface area (Å²) in [6, 6.07) is 6.70. The Bertz CT molecular complexity index is 1290. The molecule has 0 atom stereocenters. The largest absolute Gasteiger partial charge is 0.462 e. The zero-order chi connectivity index (χ0) is 22.9. The van der Waals surface area contributed by atoms with Crippen molar-refractivity contribution in [2.24, 2.45) is 16.3 Å². The van der Waals surface area contributed by atoms with E-state index in [0.717, 1.165) is 0 Å². The molecule has 164 valence electrons. The monoisotopic (exact) mass is 424 g/mol. The lowest BCUT2D eigenvalue weighted by Gasteiger charge is -2.18. The molecule has 0 aliphatic heterocycles. The molecule has 1 amide bonds. The summed E-state index contributed by atoms with van der Waals surface area (Å²) in [5.74, 6) is -0.882. The SMILES string of the molecule is CCOC(=O)c1cc2c(=O)n3ccccc3nc2n(CC(C)C)c1=NC(=O)C(C)(C)C. The van der Waals surface area contributed by atoms with Crippen molar-refractivity contribution in [1.82, 2.24) is 14.0 Å². The third-order valence-electron chi connectivity index (χ3n) is 4.68. The molecule has 0 aliphatic rings. The predicted molar refractivity (Wildman–Crippen MR) is 118 cm³/mol. The molecule has 8 nitrogen and oxygen atoms in total. The van der Waals surface area contributed by atoms with Crippen LogP contribution in [0.5, 0.6) is 0 Å². The minimum atomic E-state index is -0.743. The molecule has 0 N–H and O–H groups in total. The van der Waals surface area contributed by atoms with Gasteiger partial charge < -0.3 is 9.30 Å². The molecule has 3 aromatic heterocycles. The van der Waals surface area contributed by atoms with Crippen molar-refractivity contribution < 1.29 is 14.3 Å². The molecule has 0 spiro atoms. The van der Waals surface area contributed by atoms with Crippen LogP contribution < -0.4 is 11.0 Å². The summed E-state index contributed by atoms with van der Waals surface area (Å²) < 4.78 is 8.33. The summed E-state index contributed by atoms with van der Waals surface area (Å²) in [4.78, 5) is 47.8. The number of aromatic nitrogens is 3. The molecular formula is C23H28N4O4. The van der Waals surface area contributed by atoms with Gasteiger partial charge in [-0.2, -0.15) is 4.99 Å². The molecule has 0 saturated heterocycles. The third kappa shape index (κ3) is 4.42. The van der Waals surface area contributed by atoms with E-state index in [0.29, 0.717) is 17.8 Å². The maximum absolute atomic E-state index is 13.2. The first-order valence-corrected chi connectivity index (χ1v) is 10.4. The average molecular weight is 425 g/mol. The first kappa shape index (κ1) is 22.4. The minimum Gasteiger partial charge on any atom is -0.462 e. The first-order valence-electron chi connectivity index (χ1n) is 10.4. The molecule has 0 aliphatic carbocycles. The van der Waals surface area contributed by atoms with E-state index in [9.17, 15) is 14.4 Å². The standard InChI is InChI=1S/C23H28N4O4/c1-7-31-21(29)16-12-15-18(24-17-10-8-9-11-26(17)20(15)28)27(13-14(2)3)19(16)25-22(30)23(4,5)6/h8-12,14H,7,13H2,1-6H3. The van der Waals surface area contributed by atoms with Crippen molar-refractivity contribution in [1.29, 1.82) is 0 Å². The van der Waals surface area contributed by atoms with Gasteiger partial charge >= 0.3 is 5.97 Å². The molecule has 0 unspecified atom stereocenters. The highest BCUT2D eigenvalue weighted by molar-refractivity contribution is 5.94. The normalized spacial score (nSPS) is 12.7. The molecular weight excluding hydrogens is 396 g/mol. The van der Waals surface area contributed by atoms with Gasteiger partial charge in [-0.05, 0) is 31.0 Å². The van der Waals surface area contributed by atoms with Gasteiger partial charge in [-0.15, -0.1) is 0 Å². The molecule has 3 aromatic rings. The van der Waals surface area contributed by atoms with E-state index in [-0.39, 0.29) is 40.4 Å². The first-order chi connectivity index (χ1) is 14.5. The summed E-state index contributed by atoms with van der Waals surface area (Å²) in [7, 11) is 0. The molecule has 0 fully saturated rings. The van der Waals surface area contributed by atoms with Crippen molar-refractivity contribution in [3.8, 4) is 0 Å². The maximum atomic E-state index is 13.2. The number of ether oxygens (including phenoxy) is 1. The second-order valence-corrected chi connectivity index (χ2v) is 8.86. The number of pyridine rings is 2. The average Bonchev–Trinajstić information content (AvgIpc) is 2.69. The third-order valence-corrected chi connectivity index (χ3v) is 4.68. The van der Waals surface area contributed by atoms with Crippen LogP contribution in [0.2, 0.25) is 0 Å². The fourth-order valence-electron chi connectivity index (χ4n) is 3.16. The van der Waals surface area contributed by atoms with Gasteiger partial charge in [-0.3, -0.25) is 14.0 Å². The Morgan fingerprint density at radius 3 is 2.55 bits per heavy atom. The number of hydrogen-bond donors (Lipinski definition) is 0. The highest BCUT2D eigenvalue weighted by Crippen LogP contribution is 2.16. The van der Waals surface area contributed by atoms with Gasteiger partial charge in [0.05, 0.1) is 12.0 Å². The molecule has 3 rings (SSSR count). The predicted octanol–water partition coefficient (Wildman–Crippen LogP) is 2.96. The number of amides is 1. The smallest absolute Gasteiger partial charge is 0.341 e. The highest BCUT2D eigenvalue weighted by atomic mass is 16.5. The number of nitrogens with zero attached hydrogens (tertiary/aromatic N) is 4. The maximum Gasteiger partial charge on any atom is 0.341 e. The minimum absolute atomic E-state index is 0.0716. The lowest BCUT2D eigenvalue weighted by atomic mass is 9.96. The topological polar surface area (TPSA) is 95.0 Å². The number of carbonyl (C=O) groups excluding carboxylic acids is 2. The zero-order valence-electron chi connectivity index (χ0n) is 18.8. The second kappa shape index (κ2) is 8.45. The van der Waals surface area contributed by atoms with Crippen LogP contribution in [-0.2, 0) is 16.1 Å². The Labute approximate surface area is 180 Å². The van der Waals surface area contributed by atoms with E-state index >= 15 is 0 Å². The zero-order valence-corrected chi connectivity index (χ0v) is 18.8. The highest BCUT2D eigenvalue weighted by Gasteiger charge is 2.24. The fourth-order valence-corrected chi connectivity index (χ4v) is 3.16. The van der Waals surface area contributed by atoms with E-state index in [2.05, 4.69) is 9.98 Å². The number of carbonyl (C=O) groups is 2. The lowest BCUT2D eigenvalue weighted by molar-refractivity contribution is -0.125. The number of hydrogen-bond acceptors (Lipinski definition) is 5. The van der Waals surface area contributed by atoms with Crippen molar-refractivity contribution in [2.45, 2.75) is 48.1 Å². The van der Waals surface area contributed by atoms with Crippen LogP contribution >= 0.6 is 0 Å². The van der Waals surface area contributed by atoms with Crippen LogP contribution in [0.15, 0.2) is 40.2 Å². The van der Waals surface area contributed by atoms with Crippen LogP contribution in [0.25, 0.3) is 16.7 Å². The van der Waals surface area contributed by atoms with Crippen molar-refractivity contribution in [3.05, 3.63) is 51.9 Å². The molecule has 3 heterocycles. The molecule has 0 aromatic carbocycles. The van der Waals surface area contributed by atoms with E-state index in [1.807, 2.05) is 13.8 Å². The fraction of sp³-hybridized carbons (Fsp3) is 0.435. The van der Waals surface area contributed by atoms with E-state index < -0.39 is 11.4 Å². The van der Waals surface area contributed by atoms with Crippen LogP contribution in [0, 0.1) is 11.3 Å². The summed E-state index contributed by atoms with van der Waals surface area (Å²) in [5, 5.41) is 0.259. The van der Waals surface area contributed by atoms with Gasteiger partial charge in [-0.1, -0.05) is 40.7 Å². The number of esters is 1. The van der Waals surface area contributed by atoms with Gasteiger partial charge in [0, 0.05) is 18.2 Å². The van der Waals surface area contributed by atoms with Crippen LogP contribution in [0.3, 0.4) is 0 Å². The molecule has 0 bridgehead atoms. The van der Waals surface area contributed by atoms with Crippen LogP contribution in [0.4, 0.5) is 0 Å². The van der Waals surface area contributed by atoms with E-state index in [4.69, 9.17) is 4.74 Å². The number of fused-ring (bicyclic) bond motifs is 2. The van der Waals surface area contributed by atoms with Crippen LogP contribution in [-0.4, -0.2) is 32.4 Å². The summed E-state index contributed by atoms with van der Waals surface area (Å²) in [6.45, 7) is 11.5. The van der Waals surface area contributed by atoms with Crippen molar-refractivity contribution in [2.75, 3.05) is 6.61 Å². The Morgan fingerprint density at radius 2 is 1.94 bits per heavy atom. The van der Waals surface area contributed by atoms with Gasteiger partial charge in [0.15, 0.2) is 5.49 Å². The molecule has 0 saturated carbocycles. The Balaban J connectivity index is 2.55. The van der Waals surface area contributed by atoms with Crippen molar-refractivity contribution in [3.63, 3.8) is 0 Å². The van der Waals surface area contributed by atoms with E-state index in [1.54, 1.807) is 56.7 Å². The van der Waals surface area contributed by atoms with E-state index in [1.165, 1.54) is 10.5 Å². The Morgan fingerprint density at radius 1 is 1.23 bits per heavy atom. The van der Waals surface area contributed by atoms with Gasteiger partial charge in [0.2, 0.25) is 0 Å². The lowest BCUT2D eigenvalue weighted by Crippen LogP contribution is -2.35. The summed E-state index contributed by atoms with van der Waals surface area (Å²) >= 11 is 0. The molecule has 0 radical (unpaired) electrons. The summed E-state index contributed by atoms with van der Waals surface area (Å²) in [6.07, 6.45) is 1.63. The van der Waals surface area contributed by atoms with Gasteiger partial charge in [-0.25, -0.2) is 9.78 Å². The van der Waals surface area contributed by atoms with Gasteiger partial charge in [0.25, 0.3) is 11.5 Å². The Hall–Kier alpha value is -3.29. The quantitative estimate of drug-likeness (QED) is 0.474. The number of rotatable bonds is 4. The van der Waals surface area contributed by atoms with Gasteiger partial charge in [0.1, 0.15) is 16.9 Å². The molecule has 8 heteroatoms.